The number of hydrogen-bond acceptors (Lipinski definition) is 7. The molecule has 4 rings (SSSR count). The Hall–Kier alpha value is -3.07. The number of anilines is 2. The minimum absolute atomic E-state index is 0.0278. The highest BCUT2D eigenvalue weighted by Crippen LogP contribution is 2.35. The number of amides is 1. The van der Waals surface area contributed by atoms with Crippen molar-refractivity contribution >= 4 is 44.7 Å². The fraction of sp³-hybridized carbons (Fsp3) is 0.381. The van der Waals surface area contributed by atoms with E-state index in [1.165, 1.54) is 22.6 Å². The van der Waals surface area contributed by atoms with E-state index in [1.54, 1.807) is 23.7 Å². The Kier molecular flexibility index (Phi) is 5.38. The molecule has 1 N–H and O–H groups in total. The Morgan fingerprint density at radius 2 is 1.97 bits per heavy atom. The van der Waals surface area contributed by atoms with Crippen molar-refractivity contribution < 1.29 is 9.72 Å². The number of benzene rings is 1. The standard InChI is InChI=1S/C21H23N5O3S/c1-12-4-5-16(26(28)29)10-17(12)24-20(27)15-6-8-25(9-7-15)19-18-13(2)14(3)30-21(18)23-11-22-19/h4-5,10-11,15H,6-9H2,1-3H3,(H,24,27). The van der Waals surface area contributed by atoms with E-state index in [9.17, 15) is 14.9 Å². The molecule has 1 aromatic carbocycles. The van der Waals surface area contributed by atoms with Gasteiger partial charge in [0.25, 0.3) is 5.69 Å². The average molecular weight is 426 g/mol. The van der Waals surface area contributed by atoms with Crippen LogP contribution in [0.2, 0.25) is 0 Å². The normalized spacial score (nSPS) is 14.8. The van der Waals surface area contributed by atoms with Crippen molar-refractivity contribution in [1.82, 2.24) is 9.97 Å². The molecule has 0 bridgehead atoms. The molecule has 0 spiro atoms. The van der Waals surface area contributed by atoms with E-state index in [4.69, 9.17) is 0 Å². The Bertz CT molecular complexity index is 1140. The number of nitrogens with one attached hydrogen (secondary N) is 1. The average Bonchev–Trinajstić information content (AvgIpc) is 3.03. The van der Waals surface area contributed by atoms with Crippen LogP contribution in [-0.2, 0) is 4.79 Å². The molecule has 8 nitrogen and oxygen atoms in total. The van der Waals surface area contributed by atoms with Gasteiger partial charge in [0.15, 0.2) is 0 Å². The number of rotatable bonds is 4. The molecular formula is C21H23N5O3S. The highest BCUT2D eigenvalue weighted by atomic mass is 32.1. The zero-order chi connectivity index (χ0) is 21.4. The third kappa shape index (κ3) is 3.72. The summed E-state index contributed by atoms with van der Waals surface area (Å²) in [4.78, 5) is 36.8. The van der Waals surface area contributed by atoms with Crippen molar-refractivity contribution in [2.75, 3.05) is 23.3 Å². The molecule has 0 unspecified atom stereocenters. The first-order chi connectivity index (χ1) is 14.3. The number of piperidine rings is 1. The minimum atomic E-state index is -0.454. The summed E-state index contributed by atoms with van der Waals surface area (Å²) in [6, 6.07) is 4.52. The largest absolute Gasteiger partial charge is 0.356 e. The SMILES string of the molecule is Cc1ccc([N+](=O)[O-])cc1NC(=O)C1CCN(c2ncnc3sc(C)c(C)c23)CC1. The fourth-order valence-electron chi connectivity index (χ4n) is 3.85. The maximum absolute atomic E-state index is 12.8. The van der Waals surface area contributed by atoms with E-state index in [-0.39, 0.29) is 17.5 Å². The van der Waals surface area contributed by atoms with Gasteiger partial charge in [0.05, 0.1) is 16.0 Å². The number of hydrogen-bond donors (Lipinski definition) is 1. The Balaban J connectivity index is 1.46. The molecule has 0 radical (unpaired) electrons. The summed E-state index contributed by atoms with van der Waals surface area (Å²) in [7, 11) is 0. The Morgan fingerprint density at radius 3 is 2.67 bits per heavy atom. The van der Waals surface area contributed by atoms with Crippen LogP contribution in [0, 0.1) is 36.8 Å². The molecule has 0 aliphatic carbocycles. The molecular weight excluding hydrogens is 402 g/mol. The Labute approximate surface area is 178 Å². The summed E-state index contributed by atoms with van der Waals surface area (Å²) in [5, 5.41) is 15.0. The van der Waals surface area contributed by atoms with Crippen molar-refractivity contribution in [3.05, 3.63) is 50.6 Å². The lowest BCUT2D eigenvalue weighted by atomic mass is 9.95. The van der Waals surface area contributed by atoms with Crippen LogP contribution < -0.4 is 10.2 Å². The molecule has 3 heterocycles. The van der Waals surface area contributed by atoms with Crippen molar-refractivity contribution in [2.45, 2.75) is 33.6 Å². The number of carbonyl (C=O) groups excluding carboxylic acids is 1. The molecule has 156 valence electrons. The number of non-ortho nitro benzene ring substituents is 1. The summed E-state index contributed by atoms with van der Waals surface area (Å²) in [6.45, 7) is 7.48. The van der Waals surface area contributed by atoms with Crippen molar-refractivity contribution in [1.29, 1.82) is 0 Å². The molecule has 9 heteroatoms. The molecule has 0 atom stereocenters. The summed E-state index contributed by atoms with van der Waals surface area (Å²) in [5.41, 5.74) is 2.49. The zero-order valence-electron chi connectivity index (χ0n) is 17.1. The molecule has 1 aliphatic rings. The van der Waals surface area contributed by atoms with Gasteiger partial charge in [-0.2, -0.15) is 0 Å². The molecule has 2 aromatic heterocycles. The highest BCUT2D eigenvalue weighted by Gasteiger charge is 2.28. The van der Waals surface area contributed by atoms with Crippen molar-refractivity contribution in [2.24, 2.45) is 5.92 Å². The fourth-order valence-corrected chi connectivity index (χ4v) is 4.84. The van der Waals surface area contributed by atoms with E-state index in [0.29, 0.717) is 18.5 Å². The minimum Gasteiger partial charge on any atom is -0.356 e. The number of aromatic nitrogens is 2. The molecule has 1 aliphatic heterocycles. The van der Waals surface area contributed by atoms with Crippen LogP contribution in [-0.4, -0.2) is 33.9 Å². The summed E-state index contributed by atoms with van der Waals surface area (Å²) in [5.74, 6) is 0.714. The van der Waals surface area contributed by atoms with Gasteiger partial charge in [-0.05, 0) is 44.7 Å². The van der Waals surface area contributed by atoms with E-state index < -0.39 is 4.92 Å². The van der Waals surface area contributed by atoms with E-state index in [0.717, 1.165) is 34.7 Å². The van der Waals surface area contributed by atoms with Gasteiger partial charge >= 0.3 is 0 Å². The quantitative estimate of drug-likeness (QED) is 0.492. The van der Waals surface area contributed by atoms with Gasteiger partial charge in [-0.15, -0.1) is 11.3 Å². The number of nitrogens with zero attached hydrogens (tertiary/aromatic N) is 4. The van der Waals surface area contributed by atoms with Gasteiger partial charge in [0, 0.05) is 36.0 Å². The molecule has 1 fully saturated rings. The van der Waals surface area contributed by atoms with E-state index in [2.05, 4.69) is 34.0 Å². The monoisotopic (exact) mass is 425 g/mol. The van der Waals surface area contributed by atoms with Crippen LogP contribution in [0.1, 0.15) is 28.8 Å². The van der Waals surface area contributed by atoms with Crippen LogP contribution in [0.5, 0.6) is 0 Å². The topological polar surface area (TPSA) is 101 Å². The maximum atomic E-state index is 12.8. The first-order valence-electron chi connectivity index (χ1n) is 9.86. The van der Waals surface area contributed by atoms with Gasteiger partial charge in [0.2, 0.25) is 5.91 Å². The van der Waals surface area contributed by atoms with Crippen LogP contribution in [0.4, 0.5) is 17.2 Å². The van der Waals surface area contributed by atoms with Gasteiger partial charge in [-0.25, -0.2) is 9.97 Å². The first kappa shape index (κ1) is 20.2. The number of nitro groups is 1. The van der Waals surface area contributed by atoms with Gasteiger partial charge in [-0.1, -0.05) is 6.07 Å². The second kappa shape index (κ2) is 7.98. The molecule has 3 aromatic rings. The van der Waals surface area contributed by atoms with Crippen LogP contribution in [0.3, 0.4) is 0 Å². The van der Waals surface area contributed by atoms with Gasteiger partial charge in [-0.3, -0.25) is 14.9 Å². The third-order valence-corrected chi connectivity index (χ3v) is 6.92. The van der Waals surface area contributed by atoms with Gasteiger partial charge < -0.3 is 10.2 Å². The van der Waals surface area contributed by atoms with Crippen LogP contribution in [0.25, 0.3) is 10.2 Å². The van der Waals surface area contributed by atoms with E-state index >= 15 is 0 Å². The number of carbonyl (C=O) groups is 1. The predicted octanol–water partition coefficient (Wildman–Crippen LogP) is 4.38. The highest BCUT2D eigenvalue weighted by molar-refractivity contribution is 7.18. The predicted molar refractivity (Wildman–Crippen MR) is 118 cm³/mol. The second-order valence-electron chi connectivity index (χ2n) is 7.67. The summed E-state index contributed by atoms with van der Waals surface area (Å²) in [6.07, 6.45) is 3.01. The van der Waals surface area contributed by atoms with Crippen LogP contribution in [0.15, 0.2) is 24.5 Å². The second-order valence-corrected chi connectivity index (χ2v) is 8.87. The lowest BCUT2D eigenvalue weighted by Gasteiger charge is -2.32. The van der Waals surface area contributed by atoms with Crippen molar-refractivity contribution in [3.8, 4) is 0 Å². The smallest absolute Gasteiger partial charge is 0.271 e. The lowest BCUT2D eigenvalue weighted by Crippen LogP contribution is -2.38. The lowest BCUT2D eigenvalue weighted by molar-refractivity contribution is -0.384. The number of fused-ring (bicyclic) bond motifs is 1. The summed E-state index contributed by atoms with van der Waals surface area (Å²) >= 11 is 1.68. The molecule has 30 heavy (non-hydrogen) atoms. The van der Waals surface area contributed by atoms with Crippen LogP contribution >= 0.6 is 11.3 Å². The number of aryl methyl sites for hydroxylation is 3. The summed E-state index contributed by atoms with van der Waals surface area (Å²) < 4.78 is 0. The zero-order valence-corrected chi connectivity index (χ0v) is 18.0. The maximum Gasteiger partial charge on any atom is 0.271 e. The van der Waals surface area contributed by atoms with E-state index in [1.807, 2.05) is 6.92 Å². The number of nitro benzene ring substituents is 1. The first-order valence-corrected chi connectivity index (χ1v) is 10.7. The molecule has 0 saturated carbocycles. The third-order valence-electron chi connectivity index (χ3n) is 5.80. The van der Waals surface area contributed by atoms with Crippen molar-refractivity contribution in [3.63, 3.8) is 0 Å². The van der Waals surface area contributed by atoms with Gasteiger partial charge in [0.1, 0.15) is 17.0 Å². The molecule has 1 amide bonds. The Morgan fingerprint density at radius 1 is 1.23 bits per heavy atom. The molecule has 1 saturated heterocycles. The number of thiophene rings is 1.